The largest absolute Gasteiger partial charge is 0.435 e. The zero-order valence-electron chi connectivity index (χ0n) is 12.8. The van der Waals surface area contributed by atoms with E-state index in [9.17, 15) is 21.6 Å². The number of benzene rings is 1. The Morgan fingerprint density at radius 1 is 1.16 bits per heavy atom. The molecule has 2 aromatic heterocycles. The Hall–Kier alpha value is -2.17. The second-order valence-electron chi connectivity index (χ2n) is 5.35. The van der Waals surface area contributed by atoms with Crippen LogP contribution in [0.1, 0.15) is 11.3 Å². The third-order valence-corrected chi connectivity index (χ3v) is 5.39. The molecule has 2 heterocycles. The first-order valence-corrected chi connectivity index (χ1v) is 9.34. The zero-order valence-corrected chi connectivity index (χ0v) is 14.4. The minimum Gasteiger partial charge on any atom is -0.232 e. The Morgan fingerprint density at radius 2 is 1.80 bits per heavy atom. The normalized spacial score (nSPS) is 12.5. The second kappa shape index (κ2) is 5.97. The molecule has 0 saturated heterocycles. The monoisotopic (exact) mass is 387 g/mol. The number of sulfonamides is 1. The van der Waals surface area contributed by atoms with Crippen LogP contribution in [-0.2, 0) is 16.2 Å². The van der Waals surface area contributed by atoms with Crippen molar-refractivity contribution in [3.05, 3.63) is 53.0 Å². The molecule has 132 valence electrons. The number of halogens is 3. The topological polar surface area (TPSA) is 78.0 Å². The average molecular weight is 387 g/mol. The summed E-state index contributed by atoms with van der Waals surface area (Å²) >= 11 is 1.30. The van der Waals surface area contributed by atoms with Crippen LogP contribution in [0.5, 0.6) is 0 Å². The van der Waals surface area contributed by atoms with Crippen LogP contribution in [-0.4, -0.2) is 18.2 Å². The van der Waals surface area contributed by atoms with Gasteiger partial charge in [-0.05, 0) is 54.3 Å². The Kier molecular flexibility index (Phi) is 4.21. The molecular formula is C15H12F3N3O2S2. The summed E-state index contributed by atoms with van der Waals surface area (Å²) in [4.78, 5) is 0.490. The average Bonchev–Trinajstić information content (AvgIpc) is 3.12. The summed E-state index contributed by atoms with van der Waals surface area (Å²) in [5, 5.41) is 10.5. The summed E-state index contributed by atoms with van der Waals surface area (Å²) in [6.45, 7) is 1.84. The molecule has 3 rings (SSSR count). The first-order chi connectivity index (χ1) is 11.6. The maximum Gasteiger partial charge on any atom is 0.435 e. The summed E-state index contributed by atoms with van der Waals surface area (Å²) in [6, 6.07) is 7.90. The molecular weight excluding hydrogens is 375 g/mol. The van der Waals surface area contributed by atoms with Gasteiger partial charge in [-0.25, -0.2) is 18.2 Å². The lowest BCUT2D eigenvalue weighted by atomic mass is 10.2. The van der Waals surface area contributed by atoms with Crippen LogP contribution >= 0.6 is 11.3 Å². The fourth-order valence-corrected chi connectivity index (χ4v) is 3.65. The third kappa shape index (κ3) is 3.60. The van der Waals surface area contributed by atoms with Gasteiger partial charge in [0, 0.05) is 0 Å². The maximum atomic E-state index is 13.1. The molecule has 10 heteroatoms. The van der Waals surface area contributed by atoms with Gasteiger partial charge in [-0.1, -0.05) is 0 Å². The number of aromatic nitrogens is 2. The van der Waals surface area contributed by atoms with Gasteiger partial charge < -0.3 is 0 Å². The van der Waals surface area contributed by atoms with Gasteiger partial charge in [0.2, 0.25) is 10.0 Å². The number of primary sulfonamides is 1. The van der Waals surface area contributed by atoms with Crippen molar-refractivity contribution < 1.29 is 21.6 Å². The zero-order chi connectivity index (χ0) is 18.4. The highest BCUT2D eigenvalue weighted by molar-refractivity contribution is 7.89. The highest BCUT2D eigenvalue weighted by Gasteiger charge is 2.35. The number of hydrogen-bond acceptors (Lipinski definition) is 4. The summed E-state index contributed by atoms with van der Waals surface area (Å²) in [6.07, 6.45) is -4.59. The maximum absolute atomic E-state index is 13.1. The lowest BCUT2D eigenvalue weighted by molar-refractivity contribution is -0.141. The van der Waals surface area contributed by atoms with Crippen molar-refractivity contribution in [1.29, 1.82) is 0 Å². The molecule has 0 saturated carbocycles. The van der Waals surface area contributed by atoms with E-state index in [2.05, 4.69) is 5.10 Å². The number of hydrogen-bond donors (Lipinski definition) is 1. The van der Waals surface area contributed by atoms with Crippen molar-refractivity contribution in [1.82, 2.24) is 9.78 Å². The smallest absolute Gasteiger partial charge is 0.232 e. The van der Waals surface area contributed by atoms with E-state index in [4.69, 9.17) is 5.14 Å². The molecule has 0 aliphatic rings. The summed E-state index contributed by atoms with van der Waals surface area (Å²) in [5.74, 6) is 0. The van der Waals surface area contributed by atoms with Crippen molar-refractivity contribution in [3.8, 4) is 16.3 Å². The van der Waals surface area contributed by atoms with Gasteiger partial charge in [0.1, 0.15) is 0 Å². The fourth-order valence-electron chi connectivity index (χ4n) is 2.23. The Bertz CT molecular complexity index is 1020. The van der Waals surface area contributed by atoms with Gasteiger partial charge in [-0.2, -0.15) is 18.3 Å². The molecule has 0 bridgehead atoms. The highest BCUT2D eigenvalue weighted by atomic mass is 32.2. The fraction of sp³-hybridized carbons (Fsp3) is 0.133. The number of alkyl halides is 3. The van der Waals surface area contributed by atoms with Gasteiger partial charge in [0.05, 0.1) is 21.2 Å². The van der Waals surface area contributed by atoms with Crippen LogP contribution in [0.4, 0.5) is 13.2 Å². The second-order valence-corrected chi connectivity index (χ2v) is 7.82. The van der Waals surface area contributed by atoms with Crippen molar-refractivity contribution in [2.75, 3.05) is 0 Å². The molecule has 0 radical (unpaired) electrons. The van der Waals surface area contributed by atoms with Gasteiger partial charge >= 0.3 is 6.18 Å². The number of rotatable bonds is 3. The van der Waals surface area contributed by atoms with E-state index < -0.39 is 21.9 Å². The molecule has 2 N–H and O–H groups in total. The summed E-state index contributed by atoms with van der Waals surface area (Å²) in [5.41, 5.74) is 0.465. The Balaban J connectivity index is 2.16. The van der Waals surface area contributed by atoms with Crippen molar-refractivity contribution in [2.24, 2.45) is 5.14 Å². The predicted octanol–water partition coefficient (Wildman–Crippen LogP) is 3.58. The lowest BCUT2D eigenvalue weighted by Gasteiger charge is -2.07. The molecule has 0 aliphatic heterocycles. The van der Waals surface area contributed by atoms with Gasteiger partial charge in [0.15, 0.2) is 5.69 Å². The lowest BCUT2D eigenvalue weighted by Crippen LogP contribution is -2.12. The first kappa shape index (κ1) is 17.6. The molecule has 0 amide bonds. The standard InChI is InChI=1S/C15H12F3N3O2S2/c1-9-6-13(24-8-9)12-7-14(15(16,17)18)20-21(12)10-2-4-11(5-3-10)25(19,22)23/h2-8H,1H3,(H2,19,22,23). The van der Waals surface area contributed by atoms with Crippen LogP contribution < -0.4 is 5.14 Å². The molecule has 0 aliphatic carbocycles. The van der Waals surface area contributed by atoms with E-state index in [-0.39, 0.29) is 10.6 Å². The molecule has 0 fully saturated rings. The molecule has 25 heavy (non-hydrogen) atoms. The first-order valence-electron chi connectivity index (χ1n) is 6.92. The van der Waals surface area contributed by atoms with E-state index in [0.29, 0.717) is 10.6 Å². The third-order valence-electron chi connectivity index (χ3n) is 3.39. The van der Waals surface area contributed by atoms with Gasteiger partial charge in [0.25, 0.3) is 0 Å². The molecule has 3 aromatic rings. The number of aryl methyl sites for hydroxylation is 1. The van der Waals surface area contributed by atoms with E-state index in [1.807, 2.05) is 12.3 Å². The van der Waals surface area contributed by atoms with Crippen LogP contribution in [0.2, 0.25) is 0 Å². The SMILES string of the molecule is Cc1csc(-c2cc(C(F)(F)F)nn2-c2ccc(S(N)(=O)=O)cc2)c1. The summed E-state index contributed by atoms with van der Waals surface area (Å²) < 4.78 is 63.0. The molecule has 0 unspecified atom stereocenters. The minimum atomic E-state index is -4.59. The van der Waals surface area contributed by atoms with Crippen molar-refractivity contribution >= 4 is 21.4 Å². The molecule has 0 atom stereocenters. The number of thiophene rings is 1. The molecule has 5 nitrogen and oxygen atoms in total. The Labute approximate surface area is 145 Å². The van der Waals surface area contributed by atoms with Crippen LogP contribution in [0.15, 0.2) is 46.7 Å². The number of nitrogens with two attached hydrogens (primary N) is 1. The quantitative estimate of drug-likeness (QED) is 0.746. The predicted molar refractivity (Wildman–Crippen MR) is 88.0 cm³/mol. The van der Waals surface area contributed by atoms with Gasteiger partial charge in [-0.3, -0.25) is 0 Å². The number of nitrogens with zero attached hydrogens (tertiary/aromatic N) is 2. The summed E-state index contributed by atoms with van der Waals surface area (Å²) in [7, 11) is -3.89. The van der Waals surface area contributed by atoms with E-state index in [1.165, 1.54) is 35.6 Å². The van der Waals surface area contributed by atoms with Crippen molar-refractivity contribution in [2.45, 2.75) is 18.0 Å². The van der Waals surface area contributed by atoms with Crippen LogP contribution in [0.3, 0.4) is 0 Å². The van der Waals surface area contributed by atoms with Crippen molar-refractivity contribution in [3.63, 3.8) is 0 Å². The van der Waals surface area contributed by atoms with Crippen LogP contribution in [0, 0.1) is 6.92 Å². The van der Waals surface area contributed by atoms with Gasteiger partial charge in [-0.15, -0.1) is 11.3 Å². The van der Waals surface area contributed by atoms with E-state index in [1.54, 1.807) is 6.07 Å². The van der Waals surface area contributed by atoms with Crippen LogP contribution in [0.25, 0.3) is 16.3 Å². The molecule has 1 aromatic carbocycles. The molecule has 0 spiro atoms. The highest BCUT2D eigenvalue weighted by Crippen LogP contribution is 2.35. The van der Waals surface area contributed by atoms with E-state index in [0.717, 1.165) is 16.3 Å². The van der Waals surface area contributed by atoms with E-state index >= 15 is 0 Å². The minimum absolute atomic E-state index is 0.132. The Morgan fingerprint density at radius 3 is 2.28 bits per heavy atom.